The van der Waals surface area contributed by atoms with Crippen LogP contribution in [0, 0.1) is 0 Å². The molecule has 4 rings (SSSR count). The van der Waals surface area contributed by atoms with E-state index in [-0.39, 0.29) is 18.7 Å². The number of hydrogen-bond acceptors (Lipinski definition) is 6. The summed E-state index contributed by atoms with van der Waals surface area (Å²) < 4.78 is 16.2. The zero-order valence-electron chi connectivity index (χ0n) is 16.2. The van der Waals surface area contributed by atoms with Gasteiger partial charge in [0.1, 0.15) is 12.4 Å². The quantitative estimate of drug-likeness (QED) is 0.723. The average Bonchev–Trinajstić information content (AvgIpc) is 2.98. The summed E-state index contributed by atoms with van der Waals surface area (Å²) >= 11 is 0. The normalized spacial score (nSPS) is 19.0. The van der Waals surface area contributed by atoms with Gasteiger partial charge in [-0.05, 0) is 23.8 Å². The van der Waals surface area contributed by atoms with Crippen LogP contribution in [0.1, 0.15) is 27.5 Å². The number of urea groups is 1. The Kier molecular flexibility index (Phi) is 5.62. The smallest absolute Gasteiger partial charge is 0.337 e. The number of rotatable bonds is 2. The number of carbonyl (C=O) groups excluding carboxylic acids is 2. The number of methoxy groups -OCH3 is 1. The molecule has 0 bridgehead atoms. The van der Waals surface area contributed by atoms with Gasteiger partial charge in [-0.3, -0.25) is 4.98 Å². The van der Waals surface area contributed by atoms with Crippen molar-refractivity contribution >= 4 is 12.0 Å². The monoisotopic (exact) mass is 397 g/mol. The molecule has 29 heavy (non-hydrogen) atoms. The second kappa shape index (κ2) is 8.48. The number of amides is 2. The molecule has 152 valence electrons. The van der Waals surface area contributed by atoms with Gasteiger partial charge in [0, 0.05) is 31.0 Å². The average molecular weight is 397 g/mol. The van der Waals surface area contributed by atoms with Gasteiger partial charge in [0.2, 0.25) is 0 Å². The number of aromatic nitrogens is 1. The lowest BCUT2D eigenvalue weighted by molar-refractivity contribution is 0.0362. The zero-order valence-corrected chi connectivity index (χ0v) is 16.2. The number of morpholine rings is 1. The molecule has 0 spiro atoms. The maximum Gasteiger partial charge on any atom is 0.337 e. The van der Waals surface area contributed by atoms with Crippen LogP contribution in [-0.2, 0) is 16.0 Å². The van der Waals surface area contributed by atoms with Crippen LogP contribution in [0.2, 0.25) is 0 Å². The topological polar surface area (TPSA) is 81.2 Å². The van der Waals surface area contributed by atoms with Gasteiger partial charge >= 0.3 is 12.0 Å². The van der Waals surface area contributed by atoms with E-state index in [1.165, 1.54) is 7.11 Å². The van der Waals surface area contributed by atoms with Crippen molar-refractivity contribution in [3.8, 4) is 5.75 Å². The number of ether oxygens (including phenoxy) is 3. The first-order chi connectivity index (χ1) is 14.2. The minimum atomic E-state index is -0.425. The molecule has 0 radical (unpaired) electrons. The number of carbonyl (C=O) groups is 2. The van der Waals surface area contributed by atoms with Gasteiger partial charge < -0.3 is 24.0 Å². The van der Waals surface area contributed by atoms with Crippen molar-refractivity contribution in [2.75, 3.05) is 40.0 Å². The van der Waals surface area contributed by atoms with Gasteiger partial charge in [0.15, 0.2) is 0 Å². The maximum absolute atomic E-state index is 13.4. The molecule has 1 fully saturated rings. The summed E-state index contributed by atoms with van der Waals surface area (Å²) in [5.74, 6) is 0.157. The molecule has 8 heteroatoms. The minimum Gasteiger partial charge on any atom is -0.491 e. The molecule has 0 N–H and O–H groups in total. The third-order valence-electron chi connectivity index (χ3n) is 5.20. The Morgan fingerprint density at radius 2 is 2.03 bits per heavy atom. The summed E-state index contributed by atoms with van der Waals surface area (Å²) in [6.45, 7) is 2.82. The highest BCUT2D eigenvalue weighted by Crippen LogP contribution is 2.33. The van der Waals surface area contributed by atoms with E-state index in [1.54, 1.807) is 29.4 Å². The van der Waals surface area contributed by atoms with E-state index >= 15 is 0 Å². The van der Waals surface area contributed by atoms with Crippen LogP contribution < -0.4 is 4.74 Å². The predicted molar refractivity (Wildman–Crippen MR) is 104 cm³/mol. The van der Waals surface area contributed by atoms with Gasteiger partial charge in [0.05, 0.1) is 38.5 Å². The van der Waals surface area contributed by atoms with Crippen LogP contribution in [0.3, 0.4) is 0 Å². The summed E-state index contributed by atoms with van der Waals surface area (Å²) in [5.41, 5.74) is 2.15. The van der Waals surface area contributed by atoms with Gasteiger partial charge in [-0.15, -0.1) is 0 Å². The Hall–Kier alpha value is -3.13. The highest BCUT2D eigenvalue weighted by atomic mass is 16.5. The molecule has 2 aliphatic heterocycles. The van der Waals surface area contributed by atoms with Gasteiger partial charge in [-0.1, -0.05) is 12.1 Å². The molecule has 3 heterocycles. The first-order valence-corrected chi connectivity index (χ1v) is 9.54. The van der Waals surface area contributed by atoms with Crippen LogP contribution in [-0.4, -0.2) is 66.8 Å². The van der Waals surface area contributed by atoms with E-state index in [0.29, 0.717) is 44.2 Å². The summed E-state index contributed by atoms with van der Waals surface area (Å²) in [5, 5.41) is 0. The lowest BCUT2D eigenvalue weighted by Gasteiger charge is -2.36. The first-order valence-electron chi connectivity index (χ1n) is 9.54. The Balaban J connectivity index is 1.68. The Bertz CT molecular complexity index is 883. The van der Waals surface area contributed by atoms with E-state index in [9.17, 15) is 9.59 Å². The third-order valence-corrected chi connectivity index (χ3v) is 5.20. The zero-order chi connectivity index (χ0) is 20.2. The van der Waals surface area contributed by atoms with Gasteiger partial charge in [-0.25, -0.2) is 9.59 Å². The van der Waals surface area contributed by atoms with Crippen molar-refractivity contribution in [2.24, 2.45) is 0 Å². The van der Waals surface area contributed by atoms with Gasteiger partial charge in [-0.2, -0.15) is 0 Å². The number of esters is 1. The third kappa shape index (κ3) is 4.02. The SMILES string of the molecule is COC(=O)c1ccc2c(c1)OC[C@H](c1cccnc1)N(C(=O)N1CCOCC1)C2. The fourth-order valence-electron chi connectivity index (χ4n) is 3.60. The Labute approximate surface area is 169 Å². The summed E-state index contributed by atoms with van der Waals surface area (Å²) in [4.78, 5) is 33.1. The number of benzene rings is 1. The van der Waals surface area contributed by atoms with E-state index < -0.39 is 5.97 Å². The largest absolute Gasteiger partial charge is 0.491 e. The van der Waals surface area contributed by atoms with Crippen molar-refractivity contribution in [3.63, 3.8) is 0 Å². The molecule has 0 unspecified atom stereocenters. The molecule has 1 atom stereocenters. The molecule has 2 aliphatic rings. The van der Waals surface area contributed by atoms with Crippen LogP contribution >= 0.6 is 0 Å². The highest BCUT2D eigenvalue weighted by molar-refractivity contribution is 5.90. The molecule has 2 aromatic rings. The molecule has 1 saturated heterocycles. The number of pyridine rings is 1. The lowest BCUT2D eigenvalue weighted by Crippen LogP contribution is -2.49. The highest BCUT2D eigenvalue weighted by Gasteiger charge is 2.33. The van der Waals surface area contributed by atoms with Crippen LogP contribution in [0.15, 0.2) is 42.7 Å². The Morgan fingerprint density at radius 3 is 2.76 bits per heavy atom. The molecule has 2 amide bonds. The summed E-state index contributed by atoms with van der Waals surface area (Å²) in [6, 6.07) is 8.60. The first kappa shape index (κ1) is 19.2. The van der Waals surface area contributed by atoms with Crippen LogP contribution in [0.4, 0.5) is 4.79 Å². The van der Waals surface area contributed by atoms with E-state index in [4.69, 9.17) is 14.2 Å². The van der Waals surface area contributed by atoms with E-state index in [1.807, 2.05) is 23.1 Å². The predicted octanol–water partition coefficient (Wildman–Crippen LogP) is 2.26. The summed E-state index contributed by atoms with van der Waals surface area (Å²) in [7, 11) is 1.34. The minimum absolute atomic E-state index is 0.0596. The molecule has 0 saturated carbocycles. The lowest BCUT2D eigenvalue weighted by atomic mass is 10.1. The number of nitrogens with zero attached hydrogens (tertiary/aromatic N) is 3. The van der Waals surface area contributed by atoms with E-state index in [0.717, 1.165) is 11.1 Å². The fourth-order valence-corrected chi connectivity index (χ4v) is 3.60. The number of fused-ring (bicyclic) bond motifs is 1. The van der Waals surface area contributed by atoms with Gasteiger partial charge in [0.25, 0.3) is 0 Å². The summed E-state index contributed by atoms with van der Waals surface area (Å²) in [6.07, 6.45) is 3.45. The van der Waals surface area contributed by atoms with Crippen molar-refractivity contribution in [3.05, 3.63) is 59.4 Å². The molecule has 1 aromatic heterocycles. The molecule has 0 aliphatic carbocycles. The second-order valence-electron chi connectivity index (χ2n) is 6.94. The molecule has 1 aromatic carbocycles. The maximum atomic E-state index is 13.4. The standard InChI is InChI=1S/C21H23N3O5/c1-27-20(25)15-4-5-17-13-24(21(26)23-7-9-28-10-8-23)18(14-29-19(17)11-15)16-3-2-6-22-12-16/h2-6,11-12,18H,7-10,13-14H2,1H3/t18-/m1/s1. The van der Waals surface area contributed by atoms with E-state index in [2.05, 4.69) is 4.98 Å². The van der Waals surface area contributed by atoms with Crippen molar-refractivity contribution < 1.29 is 23.8 Å². The molecule has 8 nitrogen and oxygen atoms in total. The van der Waals surface area contributed by atoms with Crippen LogP contribution in [0.25, 0.3) is 0 Å². The Morgan fingerprint density at radius 1 is 1.21 bits per heavy atom. The van der Waals surface area contributed by atoms with Crippen molar-refractivity contribution in [2.45, 2.75) is 12.6 Å². The van der Waals surface area contributed by atoms with Crippen molar-refractivity contribution in [1.29, 1.82) is 0 Å². The molecular weight excluding hydrogens is 374 g/mol. The van der Waals surface area contributed by atoms with Crippen molar-refractivity contribution in [1.82, 2.24) is 14.8 Å². The molecular formula is C21H23N3O5. The fraction of sp³-hybridized carbons (Fsp3) is 0.381. The second-order valence-corrected chi connectivity index (χ2v) is 6.94. The number of hydrogen-bond donors (Lipinski definition) is 0. The van der Waals surface area contributed by atoms with Crippen LogP contribution in [0.5, 0.6) is 5.75 Å².